The molecule has 0 amide bonds. The standard InChI is InChI=1S/C13H27NO/c1-3-6-13(15-2)9-5-10-14-11-12-7-4-8-12/h12-14H,3-11H2,1-2H3. The van der Waals surface area contributed by atoms with Crippen LogP contribution in [0.25, 0.3) is 0 Å². The maximum absolute atomic E-state index is 5.42. The van der Waals surface area contributed by atoms with Gasteiger partial charge < -0.3 is 10.1 Å². The Labute approximate surface area is 94.8 Å². The summed E-state index contributed by atoms with van der Waals surface area (Å²) < 4.78 is 5.42. The first-order valence-electron chi connectivity index (χ1n) is 6.60. The number of ether oxygens (including phenoxy) is 1. The average molecular weight is 213 g/mol. The normalized spacial score (nSPS) is 18.8. The first-order chi connectivity index (χ1) is 7.36. The van der Waals surface area contributed by atoms with Crippen LogP contribution in [-0.2, 0) is 4.74 Å². The molecule has 0 bridgehead atoms. The molecule has 1 N–H and O–H groups in total. The van der Waals surface area contributed by atoms with Crippen molar-refractivity contribution in [3.8, 4) is 0 Å². The molecule has 1 rings (SSSR count). The lowest BCUT2D eigenvalue weighted by atomic mass is 9.85. The van der Waals surface area contributed by atoms with Crippen molar-refractivity contribution >= 4 is 0 Å². The van der Waals surface area contributed by atoms with E-state index >= 15 is 0 Å². The van der Waals surface area contributed by atoms with Gasteiger partial charge in [0, 0.05) is 7.11 Å². The Bertz CT molecular complexity index is 145. The van der Waals surface area contributed by atoms with E-state index in [4.69, 9.17) is 4.74 Å². The molecule has 1 saturated carbocycles. The van der Waals surface area contributed by atoms with Gasteiger partial charge in [-0.3, -0.25) is 0 Å². The molecule has 0 aromatic rings. The highest BCUT2D eigenvalue weighted by molar-refractivity contribution is 4.71. The lowest BCUT2D eigenvalue weighted by Crippen LogP contribution is -2.28. The monoisotopic (exact) mass is 213 g/mol. The van der Waals surface area contributed by atoms with E-state index in [1.54, 1.807) is 0 Å². The van der Waals surface area contributed by atoms with Gasteiger partial charge in [0.05, 0.1) is 6.10 Å². The van der Waals surface area contributed by atoms with Crippen LogP contribution in [0.15, 0.2) is 0 Å². The van der Waals surface area contributed by atoms with E-state index in [2.05, 4.69) is 12.2 Å². The van der Waals surface area contributed by atoms with Crippen LogP contribution in [0.1, 0.15) is 51.9 Å². The number of methoxy groups -OCH3 is 1. The summed E-state index contributed by atoms with van der Waals surface area (Å²) in [6.45, 7) is 4.63. The van der Waals surface area contributed by atoms with Crippen LogP contribution in [-0.4, -0.2) is 26.3 Å². The molecule has 1 fully saturated rings. The molecule has 0 aromatic carbocycles. The van der Waals surface area contributed by atoms with Crippen molar-refractivity contribution in [2.75, 3.05) is 20.2 Å². The molecule has 2 heteroatoms. The van der Waals surface area contributed by atoms with E-state index in [1.165, 1.54) is 58.0 Å². The number of hydrogen-bond donors (Lipinski definition) is 1. The molecule has 0 aliphatic heterocycles. The zero-order chi connectivity index (χ0) is 10.9. The number of rotatable bonds is 9. The topological polar surface area (TPSA) is 21.3 Å². The van der Waals surface area contributed by atoms with E-state index < -0.39 is 0 Å². The highest BCUT2D eigenvalue weighted by Crippen LogP contribution is 2.25. The Morgan fingerprint density at radius 2 is 2.13 bits per heavy atom. The van der Waals surface area contributed by atoms with Gasteiger partial charge in [-0.1, -0.05) is 19.8 Å². The summed E-state index contributed by atoms with van der Waals surface area (Å²) in [6.07, 6.45) is 9.74. The van der Waals surface area contributed by atoms with Crippen molar-refractivity contribution in [2.45, 2.75) is 58.0 Å². The lowest BCUT2D eigenvalue weighted by molar-refractivity contribution is 0.0855. The molecule has 0 heterocycles. The molecule has 0 saturated heterocycles. The largest absolute Gasteiger partial charge is 0.381 e. The van der Waals surface area contributed by atoms with Gasteiger partial charge in [-0.25, -0.2) is 0 Å². The fourth-order valence-corrected chi connectivity index (χ4v) is 2.16. The number of nitrogens with one attached hydrogen (secondary N) is 1. The van der Waals surface area contributed by atoms with Crippen molar-refractivity contribution < 1.29 is 4.74 Å². The van der Waals surface area contributed by atoms with Crippen molar-refractivity contribution in [1.29, 1.82) is 0 Å². The lowest BCUT2D eigenvalue weighted by Gasteiger charge is -2.25. The minimum absolute atomic E-state index is 0.487. The fraction of sp³-hybridized carbons (Fsp3) is 1.00. The first-order valence-corrected chi connectivity index (χ1v) is 6.60. The Kier molecular flexibility index (Phi) is 7.03. The quantitative estimate of drug-likeness (QED) is 0.595. The van der Waals surface area contributed by atoms with Gasteiger partial charge in [0.2, 0.25) is 0 Å². The second-order valence-electron chi connectivity index (χ2n) is 4.79. The minimum Gasteiger partial charge on any atom is -0.381 e. The average Bonchev–Trinajstić information content (AvgIpc) is 2.18. The molecule has 0 aromatic heterocycles. The summed E-state index contributed by atoms with van der Waals surface area (Å²) in [7, 11) is 1.84. The van der Waals surface area contributed by atoms with Gasteiger partial charge in [0.1, 0.15) is 0 Å². The van der Waals surface area contributed by atoms with Crippen molar-refractivity contribution in [3.05, 3.63) is 0 Å². The fourth-order valence-electron chi connectivity index (χ4n) is 2.16. The molecule has 15 heavy (non-hydrogen) atoms. The maximum Gasteiger partial charge on any atom is 0.0571 e. The van der Waals surface area contributed by atoms with Crippen LogP contribution >= 0.6 is 0 Å². The zero-order valence-electron chi connectivity index (χ0n) is 10.4. The van der Waals surface area contributed by atoms with Crippen LogP contribution in [0.2, 0.25) is 0 Å². The van der Waals surface area contributed by atoms with Gasteiger partial charge in [-0.15, -0.1) is 0 Å². The Morgan fingerprint density at radius 1 is 1.33 bits per heavy atom. The molecule has 1 aliphatic carbocycles. The molecule has 2 nitrogen and oxygen atoms in total. The number of hydrogen-bond acceptors (Lipinski definition) is 2. The molecule has 1 aliphatic rings. The predicted octanol–water partition coefficient (Wildman–Crippen LogP) is 2.97. The Balaban J connectivity index is 1.85. The van der Waals surface area contributed by atoms with Crippen LogP contribution < -0.4 is 5.32 Å². The second kappa shape index (κ2) is 8.12. The summed E-state index contributed by atoms with van der Waals surface area (Å²) in [4.78, 5) is 0. The first kappa shape index (κ1) is 13.0. The Hall–Kier alpha value is -0.0800. The molecule has 0 spiro atoms. The van der Waals surface area contributed by atoms with E-state index in [-0.39, 0.29) is 0 Å². The molecule has 1 unspecified atom stereocenters. The third-order valence-electron chi connectivity index (χ3n) is 3.48. The minimum atomic E-state index is 0.487. The summed E-state index contributed by atoms with van der Waals surface area (Å²) in [5.41, 5.74) is 0. The van der Waals surface area contributed by atoms with E-state index in [0.717, 1.165) is 5.92 Å². The van der Waals surface area contributed by atoms with E-state index in [0.29, 0.717) is 6.10 Å². The molecule has 0 radical (unpaired) electrons. The van der Waals surface area contributed by atoms with Gasteiger partial charge in [0.25, 0.3) is 0 Å². The zero-order valence-corrected chi connectivity index (χ0v) is 10.4. The van der Waals surface area contributed by atoms with E-state index in [1.807, 2.05) is 7.11 Å². The SMILES string of the molecule is CCCC(CCCNCC1CCC1)OC. The summed E-state index contributed by atoms with van der Waals surface area (Å²) >= 11 is 0. The van der Waals surface area contributed by atoms with E-state index in [9.17, 15) is 0 Å². The predicted molar refractivity (Wildman–Crippen MR) is 65.1 cm³/mol. The smallest absolute Gasteiger partial charge is 0.0571 e. The van der Waals surface area contributed by atoms with Crippen LogP contribution in [0.5, 0.6) is 0 Å². The molecule has 90 valence electrons. The molecule has 1 atom stereocenters. The Morgan fingerprint density at radius 3 is 2.67 bits per heavy atom. The van der Waals surface area contributed by atoms with Gasteiger partial charge in [-0.05, 0) is 51.1 Å². The maximum atomic E-state index is 5.42. The van der Waals surface area contributed by atoms with Crippen LogP contribution in [0.3, 0.4) is 0 Å². The van der Waals surface area contributed by atoms with Crippen LogP contribution in [0, 0.1) is 5.92 Å². The van der Waals surface area contributed by atoms with Crippen molar-refractivity contribution in [3.63, 3.8) is 0 Å². The van der Waals surface area contributed by atoms with Crippen LogP contribution in [0.4, 0.5) is 0 Å². The summed E-state index contributed by atoms with van der Waals surface area (Å²) in [5.74, 6) is 0.985. The highest BCUT2D eigenvalue weighted by Gasteiger charge is 2.16. The summed E-state index contributed by atoms with van der Waals surface area (Å²) in [6, 6.07) is 0. The van der Waals surface area contributed by atoms with Crippen molar-refractivity contribution in [2.24, 2.45) is 5.92 Å². The molecular formula is C13H27NO. The van der Waals surface area contributed by atoms with Gasteiger partial charge in [-0.2, -0.15) is 0 Å². The second-order valence-corrected chi connectivity index (χ2v) is 4.79. The van der Waals surface area contributed by atoms with Crippen molar-refractivity contribution in [1.82, 2.24) is 5.32 Å². The third-order valence-corrected chi connectivity index (χ3v) is 3.48. The van der Waals surface area contributed by atoms with Gasteiger partial charge in [0.15, 0.2) is 0 Å². The summed E-state index contributed by atoms with van der Waals surface area (Å²) in [5, 5.41) is 3.55. The highest BCUT2D eigenvalue weighted by atomic mass is 16.5. The van der Waals surface area contributed by atoms with Gasteiger partial charge >= 0.3 is 0 Å². The third kappa shape index (κ3) is 5.53. The molecular weight excluding hydrogens is 186 g/mol.